The summed E-state index contributed by atoms with van der Waals surface area (Å²) in [4.78, 5) is 55.3. The summed E-state index contributed by atoms with van der Waals surface area (Å²) in [7, 11) is -0.508. The van der Waals surface area contributed by atoms with Gasteiger partial charge in [-0.25, -0.2) is 23.2 Å². The van der Waals surface area contributed by atoms with E-state index >= 15 is 0 Å². The SMILES string of the molecule is COc1ccc2c(O[C@H]3CN4C(=O)N(C)CCCC/C=C\[C@@H]5C[C@@]5(C(=O)NS(=O)(=O)C5CC5)NC(=O)[C@@H]4[C@@H]3C)cc(-c3csc(C(C)C)n3)nc2c1C. The normalized spacial score (nSPS) is 27.2. The Morgan fingerprint density at radius 2 is 1.91 bits per heavy atom. The first-order chi connectivity index (χ1) is 25.2. The fourth-order valence-electron chi connectivity index (χ4n) is 7.49. The Bertz CT molecular complexity index is 2080. The molecule has 1 aromatic carbocycles. The predicted octanol–water partition coefficient (Wildman–Crippen LogP) is 5.14. The summed E-state index contributed by atoms with van der Waals surface area (Å²) in [5.74, 6) is -0.680. The average Bonchev–Trinajstić information content (AvgIpc) is 4.01. The minimum absolute atomic E-state index is 0.115. The van der Waals surface area contributed by atoms with E-state index in [4.69, 9.17) is 19.4 Å². The lowest BCUT2D eigenvalue weighted by Crippen LogP contribution is -2.58. The number of sulfonamides is 1. The fraction of sp³-hybridized carbons (Fsp3) is 0.553. The van der Waals surface area contributed by atoms with Gasteiger partial charge in [0.1, 0.15) is 29.2 Å². The molecule has 3 fully saturated rings. The Hall–Kier alpha value is -4.24. The molecule has 2 N–H and O–H groups in total. The number of nitrogens with one attached hydrogen (secondary N) is 2. The van der Waals surface area contributed by atoms with Crippen LogP contribution >= 0.6 is 11.3 Å². The number of nitrogens with zero attached hydrogens (tertiary/aromatic N) is 4. The number of ether oxygens (including phenoxy) is 2. The van der Waals surface area contributed by atoms with Crippen LogP contribution in [-0.2, 0) is 19.6 Å². The van der Waals surface area contributed by atoms with Gasteiger partial charge >= 0.3 is 6.03 Å². The molecule has 0 bridgehead atoms. The van der Waals surface area contributed by atoms with Crippen molar-refractivity contribution in [3.63, 3.8) is 0 Å². The van der Waals surface area contributed by atoms with E-state index in [0.29, 0.717) is 42.1 Å². The van der Waals surface area contributed by atoms with E-state index in [1.165, 1.54) is 4.90 Å². The number of hydrogen-bond acceptors (Lipinski definition) is 10. The van der Waals surface area contributed by atoms with Crippen molar-refractivity contribution in [3.8, 4) is 22.9 Å². The highest BCUT2D eigenvalue weighted by molar-refractivity contribution is 7.91. The molecule has 3 aromatic rings. The molecule has 0 spiro atoms. The zero-order valence-corrected chi connectivity index (χ0v) is 32.7. The molecule has 1 saturated heterocycles. The number of carbonyl (C=O) groups excluding carboxylic acids is 3. The number of allylic oxidation sites excluding steroid dienone is 1. The second-order valence-corrected chi connectivity index (χ2v) is 18.1. The number of pyridine rings is 1. The largest absolute Gasteiger partial charge is 0.496 e. The maximum absolute atomic E-state index is 14.4. The van der Waals surface area contributed by atoms with Gasteiger partial charge in [0.05, 0.1) is 40.8 Å². The first kappa shape index (κ1) is 37.1. The average molecular weight is 765 g/mol. The lowest BCUT2D eigenvalue weighted by atomic mass is 9.98. The zero-order valence-electron chi connectivity index (χ0n) is 31.0. The number of aryl methyl sites for hydroxylation is 1. The number of methoxy groups -OCH3 is 1. The standard InChI is InChI=1S/C38H48N6O7S2/c1-21(2)35-40-28(20-52-35)27-17-30(26-14-15-29(50-6)22(3)32(26)39-27)51-31-19-44-33(23(31)4)34(45)41-38(36(46)42-53(48,49)25-12-13-25)18-24(38)11-9-7-8-10-16-43(5)37(44)47/h9,11,14-15,17,20-21,23-25,31,33H,7-8,10,12-13,16,18-19H2,1-6H3,(H,41,45)(H,42,46)/b11-9-/t23-,24-,31+,33+,38-/m1/s1. The molecule has 53 heavy (non-hydrogen) atoms. The van der Waals surface area contributed by atoms with Gasteiger partial charge in [0, 0.05) is 53.7 Å². The Morgan fingerprint density at radius 3 is 2.60 bits per heavy atom. The van der Waals surface area contributed by atoms with E-state index in [-0.39, 0.29) is 30.8 Å². The van der Waals surface area contributed by atoms with E-state index in [1.807, 2.05) is 49.6 Å². The summed E-state index contributed by atoms with van der Waals surface area (Å²) in [6, 6.07) is 4.32. The monoisotopic (exact) mass is 764 g/mol. The van der Waals surface area contributed by atoms with Crippen molar-refractivity contribution in [1.82, 2.24) is 29.8 Å². The maximum Gasteiger partial charge on any atom is 0.320 e. The van der Waals surface area contributed by atoms with Crippen LogP contribution in [0.15, 0.2) is 35.7 Å². The van der Waals surface area contributed by atoms with Crippen LogP contribution < -0.4 is 19.5 Å². The minimum atomic E-state index is -3.85. The Balaban J connectivity index is 1.24. The molecule has 2 aromatic heterocycles. The summed E-state index contributed by atoms with van der Waals surface area (Å²) in [5, 5.41) is 6.08. The molecule has 7 rings (SSSR count). The van der Waals surface area contributed by atoms with Crippen LogP contribution in [0.5, 0.6) is 11.5 Å². The molecule has 13 nitrogen and oxygen atoms in total. The lowest BCUT2D eigenvalue weighted by molar-refractivity contribution is -0.132. The van der Waals surface area contributed by atoms with Crippen LogP contribution in [0, 0.1) is 18.8 Å². The number of amides is 4. The smallest absolute Gasteiger partial charge is 0.320 e. The molecule has 5 atom stereocenters. The molecule has 0 unspecified atom stereocenters. The van der Waals surface area contributed by atoms with Crippen LogP contribution in [0.3, 0.4) is 0 Å². The van der Waals surface area contributed by atoms with Crippen molar-refractivity contribution in [1.29, 1.82) is 0 Å². The number of aromatic nitrogens is 2. The molecule has 2 aliphatic heterocycles. The van der Waals surface area contributed by atoms with Crippen LogP contribution in [0.25, 0.3) is 22.3 Å². The van der Waals surface area contributed by atoms with Crippen LogP contribution in [-0.4, -0.2) is 96.2 Å². The predicted molar refractivity (Wildman–Crippen MR) is 202 cm³/mol. The van der Waals surface area contributed by atoms with Gasteiger partial charge in [-0.15, -0.1) is 11.3 Å². The minimum Gasteiger partial charge on any atom is -0.496 e. The van der Waals surface area contributed by atoms with Crippen molar-refractivity contribution in [3.05, 3.63) is 46.3 Å². The second kappa shape index (κ2) is 14.2. The van der Waals surface area contributed by atoms with E-state index < -0.39 is 50.7 Å². The van der Waals surface area contributed by atoms with Gasteiger partial charge < -0.3 is 24.6 Å². The van der Waals surface area contributed by atoms with E-state index in [0.717, 1.165) is 40.9 Å². The van der Waals surface area contributed by atoms with Crippen molar-refractivity contribution in [2.75, 3.05) is 27.2 Å². The number of thiazole rings is 1. The maximum atomic E-state index is 14.4. The van der Waals surface area contributed by atoms with Crippen molar-refractivity contribution in [2.45, 2.75) is 95.1 Å². The van der Waals surface area contributed by atoms with E-state index in [9.17, 15) is 22.8 Å². The molecule has 15 heteroatoms. The highest BCUT2D eigenvalue weighted by atomic mass is 32.2. The lowest BCUT2D eigenvalue weighted by Gasteiger charge is -2.31. The number of fused-ring (bicyclic) bond motifs is 3. The zero-order chi connectivity index (χ0) is 37.8. The Morgan fingerprint density at radius 1 is 1.13 bits per heavy atom. The van der Waals surface area contributed by atoms with Crippen LogP contribution in [0.2, 0.25) is 0 Å². The summed E-state index contributed by atoms with van der Waals surface area (Å²) in [6.07, 6.45) is 6.85. The molecular weight excluding hydrogens is 717 g/mol. The first-order valence-corrected chi connectivity index (χ1v) is 20.8. The van der Waals surface area contributed by atoms with Crippen LogP contribution in [0.1, 0.15) is 75.8 Å². The van der Waals surface area contributed by atoms with Crippen molar-refractivity contribution >= 4 is 50.1 Å². The molecule has 284 valence electrons. The highest BCUT2D eigenvalue weighted by Crippen LogP contribution is 2.46. The van der Waals surface area contributed by atoms with Crippen molar-refractivity contribution in [2.24, 2.45) is 11.8 Å². The molecule has 0 radical (unpaired) electrons. The van der Waals surface area contributed by atoms with E-state index in [2.05, 4.69) is 23.9 Å². The fourth-order valence-corrected chi connectivity index (χ4v) is 9.68. The summed E-state index contributed by atoms with van der Waals surface area (Å²) in [5.41, 5.74) is 1.45. The molecule has 4 amide bonds. The molecule has 2 aliphatic carbocycles. The van der Waals surface area contributed by atoms with Crippen molar-refractivity contribution < 1.29 is 32.3 Å². The number of rotatable bonds is 8. The Labute approximate surface area is 314 Å². The second-order valence-electron chi connectivity index (χ2n) is 15.2. The van der Waals surface area contributed by atoms with Gasteiger partial charge in [0.15, 0.2) is 0 Å². The molecule has 2 saturated carbocycles. The number of carbonyl (C=O) groups is 3. The Kier molecular flexibility index (Phi) is 9.94. The summed E-state index contributed by atoms with van der Waals surface area (Å²) >= 11 is 1.57. The number of urea groups is 1. The third-order valence-electron chi connectivity index (χ3n) is 11.0. The summed E-state index contributed by atoms with van der Waals surface area (Å²) in [6.45, 7) is 8.62. The van der Waals surface area contributed by atoms with Gasteiger partial charge in [0.2, 0.25) is 15.9 Å². The third-order valence-corrected chi connectivity index (χ3v) is 14.0. The first-order valence-electron chi connectivity index (χ1n) is 18.4. The molecule has 4 heterocycles. The number of benzene rings is 1. The number of hydrogen-bond donors (Lipinski definition) is 2. The van der Waals surface area contributed by atoms with Gasteiger partial charge in [0.25, 0.3) is 5.91 Å². The third kappa shape index (κ3) is 7.09. The quantitative estimate of drug-likeness (QED) is 0.296. The van der Waals surface area contributed by atoms with Crippen LogP contribution in [0.4, 0.5) is 4.79 Å². The highest BCUT2D eigenvalue weighted by Gasteiger charge is 2.62. The molecular formula is C38H48N6O7S2. The van der Waals surface area contributed by atoms with Gasteiger partial charge in [-0.1, -0.05) is 32.9 Å². The van der Waals surface area contributed by atoms with Gasteiger partial charge in [-0.3, -0.25) is 14.3 Å². The van der Waals surface area contributed by atoms with Gasteiger partial charge in [-0.2, -0.15) is 0 Å². The van der Waals surface area contributed by atoms with Gasteiger partial charge in [-0.05, 0) is 57.6 Å². The topological polar surface area (TPSA) is 160 Å². The van der Waals surface area contributed by atoms with E-state index in [1.54, 1.807) is 30.4 Å². The summed E-state index contributed by atoms with van der Waals surface area (Å²) < 4.78 is 40.4. The molecule has 4 aliphatic rings.